The Bertz CT molecular complexity index is 1020. The zero-order chi connectivity index (χ0) is 23.8. The van der Waals surface area contributed by atoms with Crippen LogP contribution in [-0.4, -0.2) is 69.7 Å². The highest BCUT2D eigenvalue weighted by Gasteiger charge is 2.56. The average molecular weight is 548 g/mol. The van der Waals surface area contributed by atoms with Crippen molar-refractivity contribution in [2.75, 3.05) is 24.1 Å². The van der Waals surface area contributed by atoms with Gasteiger partial charge < -0.3 is 35.2 Å². The maximum atomic E-state index is 12.0. The largest absolute Gasteiger partial charge is 0.479 e. The molecule has 7 N–H and O–H groups in total. The van der Waals surface area contributed by atoms with E-state index in [1.54, 1.807) is 0 Å². The lowest BCUT2D eigenvalue weighted by Gasteiger charge is -2.30. The molecule has 0 aromatic carbocycles. The minimum Gasteiger partial charge on any atom is -0.388 e. The molecule has 0 amide bonds. The molecule has 1 aliphatic heterocycles. The molecule has 15 nitrogen and oxygen atoms in total. The first kappa shape index (κ1) is 26.9. The van der Waals surface area contributed by atoms with Crippen molar-refractivity contribution >= 4 is 52.0 Å². The van der Waals surface area contributed by atoms with Gasteiger partial charge in [-0.2, -0.15) is 4.98 Å². The summed E-state index contributed by atoms with van der Waals surface area (Å²) in [6.07, 6.45) is -1.87. The number of aliphatic hydroxyl groups excluding tert-OH is 1. The highest BCUT2D eigenvalue weighted by molar-refractivity contribution is 7.73. The first-order chi connectivity index (χ1) is 14.0. The van der Waals surface area contributed by atoms with Crippen LogP contribution >= 0.6 is 46.2 Å². The van der Waals surface area contributed by atoms with Crippen LogP contribution in [0.3, 0.4) is 0 Å². The van der Waals surface area contributed by atoms with Gasteiger partial charge in [-0.15, -0.1) is 23.2 Å². The number of ether oxygens (including phenoxy) is 1. The maximum absolute atomic E-state index is 12.0. The Labute approximate surface area is 184 Å². The van der Waals surface area contributed by atoms with E-state index in [-0.39, 0.29) is 5.82 Å². The molecule has 20 heteroatoms. The first-order valence-corrected chi connectivity index (χ1v) is 14.0. The van der Waals surface area contributed by atoms with Gasteiger partial charge in [0.1, 0.15) is 22.9 Å². The fourth-order valence-electron chi connectivity index (χ4n) is 2.55. The van der Waals surface area contributed by atoms with Gasteiger partial charge in [-0.05, 0) is 6.07 Å². The van der Waals surface area contributed by atoms with E-state index in [2.05, 4.69) is 13.8 Å². The molecule has 1 saturated heterocycles. The Morgan fingerprint density at radius 1 is 1.29 bits per heavy atom. The number of phosphoric ester groups is 1. The zero-order valence-electron chi connectivity index (χ0n) is 15.2. The van der Waals surface area contributed by atoms with Gasteiger partial charge in [0.15, 0.2) is 12.1 Å². The Morgan fingerprint density at radius 3 is 2.42 bits per heavy atom. The van der Waals surface area contributed by atoms with Gasteiger partial charge in [0.25, 0.3) is 0 Å². The molecule has 1 fully saturated rings. The Balaban J connectivity index is 2.20. The van der Waals surface area contributed by atoms with Gasteiger partial charge in [-0.25, -0.2) is 13.7 Å². The van der Waals surface area contributed by atoms with Gasteiger partial charge in [0, 0.05) is 6.20 Å². The van der Waals surface area contributed by atoms with Crippen LogP contribution in [0.2, 0.25) is 0 Å². The number of nitrogens with zero attached hydrogens (tertiary/aromatic N) is 2. The van der Waals surface area contributed by atoms with Crippen LogP contribution in [0.5, 0.6) is 0 Å². The quantitative estimate of drug-likeness (QED) is 0.172. The summed E-state index contributed by atoms with van der Waals surface area (Å²) in [5, 5.41) is 9.14. The smallest absolute Gasteiger partial charge is 0.388 e. The molecular formula is C11H18Cl2N3O12P3. The van der Waals surface area contributed by atoms with E-state index in [9.17, 15) is 33.4 Å². The number of phosphoric acid groups is 1. The number of anilines is 1. The van der Waals surface area contributed by atoms with Crippen molar-refractivity contribution in [2.24, 2.45) is 0 Å². The van der Waals surface area contributed by atoms with Crippen molar-refractivity contribution in [3.05, 3.63) is 22.7 Å². The summed E-state index contributed by atoms with van der Waals surface area (Å²) < 4.78 is 49.4. The second-order valence-corrected chi connectivity index (χ2v) is 12.8. The van der Waals surface area contributed by atoms with E-state index in [4.69, 9.17) is 43.5 Å². The van der Waals surface area contributed by atoms with Crippen molar-refractivity contribution in [1.29, 1.82) is 0 Å². The number of hydrogen-bond acceptors (Lipinski definition) is 10. The van der Waals surface area contributed by atoms with Crippen LogP contribution in [0.4, 0.5) is 5.82 Å². The monoisotopic (exact) mass is 547 g/mol. The molecule has 1 aliphatic rings. The lowest BCUT2D eigenvalue weighted by Crippen LogP contribution is -2.47. The van der Waals surface area contributed by atoms with E-state index in [1.165, 1.54) is 12.3 Å². The SMILES string of the molecule is Nc1ccn([C@@H]2O[C@](CCl)(COP(=O)(O)OP(=O)(O)CP(=O)(O)O)[C@@H](O)[C@H]2Cl)c(=O)n1. The normalized spacial score (nSPS) is 30.6. The maximum Gasteiger partial charge on any atom is 0.479 e. The Morgan fingerprint density at radius 2 is 1.90 bits per heavy atom. The molecule has 178 valence electrons. The molecule has 6 atom stereocenters. The van der Waals surface area contributed by atoms with E-state index >= 15 is 0 Å². The van der Waals surface area contributed by atoms with E-state index < -0.39 is 70.4 Å². The fourth-order valence-corrected chi connectivity index (χ4v) is 7.65. The molecule has 0 spiro atoms. The third kappa shape index (κ3) is 6.81. The van der Waals surface area contributed by atoms with Gasteiger partial charge in [-0.3, -0.25) is 18.2 Å². The van der Waals surface area contributed by atoms with Gasteiger partial charge in [0.05, 0.1) is 12.5 Å². The zero-order valence-corrected chi connectivity index (χ0v) is 19.4. The van der Waals surface area contributed by atoms with Crippen LogP contribution in [0.15, 0.2) is 17.1 Å². The summed E-state index contributed by atoms with van der Waals surface area (Å²) in [5.41, 5.74) is 2.52. The van der Waals surface area contributed by atoms with Gasteiger partial charge >= 0.3 is 28.7 Å². The average Bonchev–Trinajstić information content (AvgIpc) is 2.82. The number of nitrogens with two attached hydrogens (primary N) is 1. The number of nitrogen functional groups attached to an aromatic ring is 1. The topological polar surface area (TPSA) is 241 Å². The highest BCUT2D eigenvalue weighted by Crippen LogP contribution is 2.65. The predicted molar refractivity (Wildman–Crippen MR) is 106 cm³/mol. The molecule has 1 aromatic rings. The lowest BCUT2D eigenvalue weighted by molar-refractivity contribution is -0.112. The minimum atomic E-state index is -5.41. The third-order valence-corrected chi connectivity index (χ3v) is 10.00. The summed E-state index contributed by atoms with van der Waals surface area (Å²) in [4.78, 5) is 52.0. The first-order valence-electron chi connectivity index (χ1n) is 7.96. The third-order valence-electron chi connectivity index (χ3n) is 3.89. The molecule has 2 unspecified atom stereocenters. The number of alkyl halides is 2. The molecular weight excluding hydrogens is 530 g/mol. The number of rotatable bonds is 9. The van der Waals surface area contributed by atoms with Crippen LogP contribution in [0, 0.1) is 0 Å². The predicted octanol–water partition coefficient (Wildman–Crippen LogP) is -0.246. The summed E-state index contributed by atoms with van der Waals surface area (Å²) in [6, 6.07) is 1.24. The molecule has 2 heterocycles. The summed E-state index contributed by atoms with van der Waals surface area (Å²) in [5.74, 6) is -2.43. The van der Waals surface area contributed by atoms with Crippen LogP contribution in [0.25, 0.3) is 0 Å². The molecule has 1 aromatic heterocycles. The Kier molecular flexibility index (Phi) is 8.22. The fraction of sp³-hybridized carbons (Fsp3) is 0.636. The molecule has 0 saturated carbocycles. The van der Waals surface area contributed by atoms with Crippen LogP contribution in [0.1, 0.15) is 6.23 Å². The summed E-state index contributed by atoms with van der Waals surface area (Å²) >= 11 is 12.0. The Hall–Kier alpha value is -0.370. The van der Waals surface area contributed by atoms with E-state index in [0.29, 0.717) is 0 Å². The molecule has 0 radical (unpaired) electrons. The number of hydrogen-bond donors (Lipinski definition) is 6. The van der Waals surface area contributed by atoms with Gasteiger partial charge in [-0.1, -0.05) is 0 Å². The summed E-state index contributed by atoms with van der Waals surface area (Å²) in [7, 11) is -15.7. The van der Waals surface area contributed by atoms with Crippen molar-refractivity contribution in [1.82, 2.24) is 9.55 Å². The molecule has 2 rings (SSSR count). The van der Waals surface area contributed by atoms with E-state index in [0.717, 1.165) is 4.57 Å². The van der Waals surface area contributed by atoms with Crippen molar-refractivity contribution in [3.63, 3.8) is 0 Å². The standard InChI is InChI=1S/C11H18Cl2N3O12P3/c12-3-11(4-26-31(24,25)28-30(22,23)5-29(19,20)21)8(17)7(13)9(27-11)16-2-1-6(14)15-10(16)18/h1-2,7-9,17H,3-5H2,(H,22,23)(H,24,25)(H2,14,15,18)(H2,19,20,21)/t7-,8+,9-,11-/m1/s1. The summed E-state index contributed by atoms with van der Waals surface area (Å²) in [6.45, 7) is -1.03. The van der Waals surface area contributed by atoms with Crippen molar-refractivity contribution in [3.8, 4) is 0 Å². The number of aromatic nitrogens is 2. The van der Waals surface area contributed by atoms with Crippen molar-refractivity contribution < 1.29 is 51.9 Å². The number of aliphatic hydroxyl groups is 1. The van der Waals surface area contributed by atoms with Crippen molar-refractivity contribution in [2.45, 2.75) is 23.3 Å². The molecule has 0 aliphatic carbocycles. The highest BCUT2D eigenvalue weighted by atomic mass is 35.5. The van der Waals surface area contributed by atoms with Crippen LogP contribution < -0.4 is 11.4 Å². The minimum absolute atomic E-state index is 0.0973. The molecule has 0 bridgehead atoms. The second-order valence-electron chi connectivity index (χ2n) is 6.41. The number of halogens is 2. The second kappa shape index (κ2) is 9.47. The molecule has 31 heavy (non-hydrogen) atoms. The lowest BCUT2D eigenvalue weighted by atomic mass is 10.00. The van der Waals surface area contributed by atoms with Crippen LogP contribution in [-0.2, 0) is 27.3 Å². The van der Waals surface area contributed by atoms with Gasteiger partial charge in [0.2, 0.25) is 0 Å². The van der Waals surface area contributed by atoms with E-state index in [1.807, 2.05) is 0 Å².